The summed E-state index contributed by atoms with van der Waals surface area (Å²) < 4.78 is 9.76. The number of hydrogen-bond donors (Lipinski definition) is 2. The number of H-pyrrole nitrogens is 1. The van der Waals surface area contributed by atoms with Crippen LogP contribution in [0.5, 0.6) is 0 Å². The summed E-state index contributed by atoms with van der Waals surface area (Å²) in [6.45, 7) is 7.91. The number of nitrogens with zero attached hydrogens (tertiary/aromatic N) is 1. The van der Waals surface area contributed by atoms with Gasteiger partial charge in [-0.15, -0.1) is 0 Å². The topological polar surface area (TPSA) is 101 Å². The Morgan fingerprint density at radius 2 is 1.88 bits per heavy atom. The fourth-order valence-electron chi connectivity index (χ4n) is 2.69. The molecule has 25 heavy (non-hydrogen) atoms. The molecular formula is C17H27N3O5. The molecule has 2 amide bonds. The van der Waals surface area contributed by atoms with Crippen molar-refractivity contribution >= 4 is 17.8 Å². The van der Waals surface area contributed by atoms with Crippen molar-refractivity contribution < 1.29 is 23.9 Å². The molecule has 140 valence electrons. The Morgan fingerprint density at radius 1 is 1.24 bits per heavy atom. The molecule has 1 aromatic heterocycles. The molecule has 8 nitrogen and oxygen atoms in total. The third kappa shape index (κ3) is 4.60. The van der Waals surface area contributed by atoms with Gasteiger partial charge in [-0.05, 0) is 33.3 Å². The molecule has 0 saturated heterocycles. The van der Waals surface area contributed by atoms with Gasteiger partial charge in [0.1, 0.15) is 5.69 Å². The van der Waals surface area contributed by atoms with E-state index in [0.29, 0.717) is 30.0 Å². The molecule has 8 heteroatoms. The summed E-state index contributed by atoms with van der Waals surface area (Å²) in [5, 5.41) is 2.70. The van der Waals surface area contributed by atoms with Gasteiger partial charge in [-0.25, -0.2) is 9.59 Å². The fourth-order valence-corrected chi connectivity index (χ4v) is 2.69. The van der Waals surface area contributed by atoms with E-state index in [4.69, 9.17) is 9.47 Å². The van der Waals surface area contributed by atoms with Gasteiger partial charge in [0.05, 0.1) is 19.8 Å². The average molecular weight is 353 g/mol. The van der Waals surface area contributed by atoms with Crippen LogP contribution in [0.4, 0.5) is 4.79 Å². The van der Waals surface area contributed by atoms with Crippen LogP contribution in [0.25, 0.3) is 0 Å². The van der Waals surface area contributed by atoms with Crippen LogP contribution in [-0.2, 0) is 9.47 Å². The maximum Gasteiger partial charge on any atom is 0.354 e. The minimum absolute atomic E-state index is 0.247. The first kappa shape index (κ1) is 20.7. The van der Waals surface area contributed by atoms with Gasteiger partial charge in [-0.3, -0.25) is 4.79 Å². The van der Waals surface area contributed by atoms with E-state index in [9.17, 15) is 14.4 Å². The lowest BCUT2D eigenvalue weighted by Crippen LogP contribution is -2.49. The molecule has 0 aliphatic rings. The van der Waals surface area contributed by atoms with Gasteiger partial charge in [0.15, 0.2) is 5.78 Å². The molecule has 0 spiro atoms. The van der Waals surface area contributed by atoms with Crippen LogP contribution in [0.15, 0.2) is 0 Å². The summed E-state index contributed by atoms with van der Waals surface area (Å²) in [4.78, 5) is 41.4. The van der Waals surface area contributed by atoms with Crippen LogP contribution in [0.1, 0.15) is 46.0 Å². The summed E-state index contributed by atoms with van der Waals surface area (Å²) in [6, 6.07) is -1.04. The zero-order valence-corrected chi connectivity index (χ0v) is 15.7. The van der Waals surface area contributed by atoms with Crippen molar-refractivity contribution in [3.8, 4) is 0 Å². The third-order valence-electron chi connectivity index (χ3n) is 4.05. The van der Waals surface area contributed by atoms with Gasteiger partial charge >= 0.3 is 12.0 Å². The van der Waals surface area contributed by atoms with Crippen molar-refractivity contribution in [3.05, 3.63) is 22.5 Å². The number of nitrogens with one attached hydrogen (secondary N) is 2. The Balaban J connectivity index is 3.16. The fraction of sp³-hybridized carbons (Fsp3) is 0.588. The van der Waals surface area contributed by atoms with Gasteiger partial charge in [-0.2, -0.15) is 0 Å². The second kappa shape index (κ2) is 9.22. The number of amides is 2. The number of hydrogen-bond acceptors (Lipinski definition) is 5. The van der Waals surface area contributed by atoms with Gasteiger partial charge in [-0.1, -0.05) is 0 Å². The first-order valence-electron chi connectivity index (χ1n) is 8.15. The molecule has 0 aliphatic carbocycles. The summed E-state index contributed by atoms with van der Waals surface area (Å²) in [7, 11) is 2.81. The predicted octanol–water partition coefficient (Wildman–Crippen LogP) is 1.67. The van der Waals surface area contributed by atoms with Crippen LogP contribution in [0.3, 0.4) is 0 Å². The minimum atomic E-state index is -0.708. The molecular weight excluding hydrogens is 326 g/mol. The monoisotopic (exact) mass is 353 g/mol. The Kier molecular flexibility index (Phi) is 7.63. The SMILES string of the molecule is CCNC(=O)N(CCOC)C(C)C(=O)c1c(C)[nH]c(C(=O)OC)c1C. The molecule has 0 aliphatic heterocycles. The highest BCUT2D eigenvalue weighted by Crippen LogP contribution is 2.22. The first-order chi connectivity index (χ1) is 11.8. The molecule has 2 N–H and O–H groups in total. The molecule has 1 atom stereocenters. The van der Waals surface area contributed by atoms with Gasteiger partial charge in [0.25, 0.3) is 0 Å². The largest absolute Gasteiger partial charge is 0.464 e. The normalized spacial score (nSPS) is 11.8. The van der Waals surface area contributed by atoms with E-state index >= 15 is 0 Å². The highest BCUT2D eigenvalue weighted by Gasteiger charge is 2.30. The van der Waals surface area contributed by atoms with E-state index in [1.807, 2.05) is 6.92 Å². The molecule has 0 radical (unpaired) electrons. The number of aryl methyl sites for hydroxylation is 1. The maximum atomic E-state index is 13.0. The van der Waals surface area contributed by atoms with Gasteiger partial charge in [0, 0.05) is 31.5 Å². The van der Waals surface area contributed by atoms with Gasteiger partial charge < -0.3 is 24.7 Å². The number of urea groups is 1. The smallest absolute Gasteiger partial charge is 0.354 e. The number of ether oxygens (including phenoxy) is 2. The second-order valence-electron chi connectivity index (χ2n) is 5.68. The van der Waals surface area contributed by atoms with E-state index in [0.717, 1.165) is 0 Å². The number of esters is 1. The number of Topliss-reactive ketones (excluding diaryl/α,β-unsaturated/α-hetero) is 1. The number of ketones is 1. The quantitative estimate of drug-likeness (QED) is 0.547. The molecule has 1 rings (SSSR count). The Morgan fingerprint density at radius 3 is 2.40 bits per heavy atom. The zero-order valence-electron chi connectivity index (χ0n) is 15.7. The van der Waals surface area contributed by atoms with E-state index in [1.54, 1.807) is 20.8 Å². The van der Waals surface area contributed by atoms with Crippen LogP contribution in [0.2, 0.25) is 0 Å². The van der Waals surface area contributed by atoms with E-state index in [2.05, 4.69) is 10.3 Å². The van der Waals surface area contributed by atoms with Crippen molar-refractivity contribution in [2.75, 3.05) is 33.9 Å². The predicted molar refractivity (Wildman–Crippen MR) is 93.1 cm³/mol. The van der Waals surface area contributed by atoms with Crippen molar-refractivity contribution in [2.45, 2.75) is 33.7 Å². The summed E-state index contributed by atoms with van der Waals surface area (Å²) in [5.41, 5.74) is 1.73. The Hall–Kier alpha value is -2.35. The maximum absolute atomic E-state index is 13.0. The molecule has 0 fully saturated rings. The number of methoxy groups -OCH3 is 2. The lowest BCUT2D eigenvalue weighted by Gasteiger charge is -2.28. The zero-order chi connectivity index (χ0) is 19.1. The van der Waals surface area contributed by atoms with Crippen molar-refractivity contribution in [1.82, 2.24) is 15.2 Å². The van der Waals surface area contributed by atoms with Crippen LogP contribution >= 0.6 is 0 Å². The average Bonchev–Trinajstić information content (AvgIpc) is 2.88. The Bertz CT molecular complexity index is 638. The molecule has 0 aromatic carbocycles. The number of rotatable bonds is 8. The minimum Gasteiger partial charge on any atom is -0.464 e. The lowest BCUT2D eigenvalue weighted by atomic mass is 10.00. The van der Waals surface area contributed by atoms with Crippen molar-refractivity contribution in [1.29, 1.82) is 0 Å². The van der Waals surface area contributed by atoms with Crippen LogP contribution in [0, 0.1) is 13.8 Å². The number of aromatic amines is 1. The van der Waals surface area contributed by atoms with Crippen LogP contribution in [-0.4, -0.2) is 67.6 Å². The molecule has 1 unspecified atom stereocenters. The highest BCUT2D eigenvalue weighted by molar-refractivity contribution is 6.06. The van der Waals surface area contributed by atoms with Crippen molar-refractivity contribution in [3.63, 3.8) is 0 Å². The van der Waals surface area contributed by atoms with Gasteiger partial charge in [0.2, 0.25) is 0 Å². The summed E-state index contributed by atoms with van der Waals surface area (Å²) >= 11 is 0. The third-order valence-corrected chi connectivity index (χ3v) is 4.05. The van der Waals surface area contributed by atoms with E-state index in [-0.39, 0.29) is 24.1 Å². The lowest BCUT2D eigenvalue weighted by molar-refractivity contribution is 0.0593. The number of aromatic nitrogens is 1. The standard InChI is InChI=1S/C17H27N3O5/c1-7-18-17(23)20(8-9-24-5)12(4)15(21)13-10(2)14(16(22)25-6)19-11(13)3/h12,19H,7-9H2,1-6H3,(H,18,23). The molecule has 1 heterocycles. The van der Waals surface area contributed by atoms with Crippen molar-refractivity contribution in [2.24, 2.45) is 0 Å². The van der Waals surface area contributed by atoms with Crippen LogP contribution < -0.4 is 5.32 Å². The first-order valence-corrected chi connectivity index (χ1v) is 8.15. The molecule has 0 bridgehead atoms. The number of carbonyl (C=O) groups is 3. The molecule has 0 saturated carbocycles. The second-order valence-corrected chi connectivity index (χ2v) is 5.68. The summed E-state index contributed by atoms with van der Waals surface area (Å²) in [5.74, 6) is -0.781. The highest BCUT2D eigenvalue weighted by atomic mass is 16.5. The summed E-state index contributed by atoms with van der Waals surface area (Å²) in [6.07, 6.45) is 0. The van der Waals surface area contributed by atoms with E-state index < -0.39 is 12.0 Å². The Labute approximate surface area is 147 Å². The van der Waals surface area contributed by atoms with E-state index in [1.165, 1.54) is 19.1 Å². The molecule has 1 aromatic rings. The number of carbonyl (C=O) groups excluding carboxylic acids is 3.